The van der Waals surface area contributed by atoms with Crippen molar-refractivity contribution < 1.29 is 9.26 Å². The predicted molar refractivity (Wildman–Crippen MR) is 96.5 cm³/mol. The van der Waals surface area contributed by atoms with Crippen molar-refractivity contribution >= 4 is 24.3 Å². The summed E-state index contributed by atoms with van der Waals surface area (Å²) >= 11 is 5.76. The van der Waals surface area contributed by atoms with Gasteiger partial charge in [-0.05, 0) is 44.6 Å². The summed E-state index contributed by atoms with van der Waals surface area (Å²) in [5, 5.41) is 4.38. The van der Waals surface area contributed by atoms with Crippen molar-refractivity contribution in [1.82, 2.24) is 10.1 Å². The van der Waals surface area contributed by atoms with Gasteiger partial charge in [-0.25, -0.2) is 0 Å². The highest BCUT2D eigenvalue weighted by molar-refractivity contribution is 6.29. The number of aromatic nitrogens is 2. The number of aliphatic imine (C=N–C) groups is 1. The van der Waals surface area contributed by atoms with Gasteiger partial charge in [-0.15, -0.1) is 0 Å². The minimum absolute atomic E-state index is 0.280. The minimum Gasteiger partial charge on any atom is -0.498 e. The van der Waals surface area contributed by atoms with E-state index >= 15 is 0 Å². The topological polar surface area (TPSA) is 63.8 Å². The molecule has 0 aliphatic carbocycles. The summed E-state index contributed by atoms with van der Waals surface area (Å²) in [6.45, 7) is 11.9. The molecule has 1 aliphatic heterocycles. The molecule has 2 rings (SSSR count). The molecule has 0 N–H and O–H groups in total. The summed E-state index contributed by atoms with van der Waals surface area (Å²) in [5.41, 5.74) is 0. The van der Waals surface area contributed by atoms with E-state index in [0.717, 1.165) is 37.5 Å². The number of nitrogens with zero attached hydrogens (tertiary/aromatic N) is 4. The maximum absolute atomic E-state index is 5.78. The van der Waals surface area contributed by atoms with Gasteiger partial charge >= 0.3 is 6.01 Å². The van der Waals surface area contributed by atoms with E-state index in [1.807, 2.05) is 6.92 Å². The molecule has 7 heteroatoms. The van der Waals surface area contributed by atoms with E-state index in [-0.39, 0.29) is 5.92 Å². The monoisotopic (exact) mass is 352 g/mol. The van der Waals surface area contributed by atoms with Gasteiger partial charge in [0, 0.05) is 19.0 Å². The van der Waals surface area contributed by atoms with Crippen molar-refractivity contribution in [3.05, 3.63) is 28.9 Å². The molecule has 0 aromatic carbocycles. The summed E-state index contributed by atoms with van der Waals surface area (Å²) in [4.78, 5) is 10.2. The Bertz CT molecular complexity index is 601. The molecule has 0 atom stereocenters. The van der Waals surface area contributed by atoms with Crippen molar-refractivity contribution in [3.63, 3.8) is 0 Å². The van der Waals surface area contributed by atoms with E-state index in [0.29, 0.717) is 23.7 Å². The molecule has 0 bridgehead atoms. The van der Waals surface area contributed by atoms with Crippen LogP contribution in [-0.2, 0) is 4.74 Å². The molecule has 2 heterocycles. The summed E-state index contributed by atoms with van der Waals surface area (Å²) in [6, 6.07) is 0.630. The molecule has 6 nitrogen and oxygen atoms in total. The van der Waals surface area contributed by atoms with Gasteiger partial charge in [-0.1, -0.05) is 30.6 Å². The molecule has 0 radical (unpaired) electrons. The summed E-state index contributed by atoms with van der Waals surface area (Å²) < 4.78 is 11.1. The van der Waals surface area contributed by atoms with E-state index in [4.69, 9.17) is 20.9 Å². The fourth-order valence-corrected chi connectivity index (χ4v) is 2.48. The lowest BCUT2D eigenvalue weighted by Gasteiger charge is -2.30. The first-order valence-electron chi connectivity index (χ1n) is 8.21. The molecule has 1 aliphatic rings. The molecule has 0 saturated carbocycles. The number of ether oxygens (including phenoxy) is 1. The second kappa shape index (κ2) is 8.87. The summed E-state index contributed by atoms with van der Waals surface area (Å²) in [6.07, 6.45) is 5.56. The predicted octanol–water partition coefficient (Wildman–Crippen LogP) is 4.11. The molecular weight excluding hydrogens is 328 g/mol. The zero-order chi connectivity index (χ0) is 17.5. The van der Waals surface area contributed by atoms with Crippen molar-refractivity contribution in [2.24, 2.45) is 10.9 Å². The molecule has 1 saturated heterocycles. The average molecular weight is 353 g/mol. The highest BCUT2D eigenvalue weighted by Crippen LogP contribution is 2.24. The number of allylic oxidation sites excluding steroid dienone is 3. The van der Waals surface area contributed by atoms with Crippen LogP contribution in [0.4, 0.5) is 6.01 Å². The number of piperidine rings is 1. The van der Waals surface area contributed by atoms with Gasteiger partial charge < -0.3 is 14.2 Å². The van der Waals surface area contributed by atoms with E-state index in [9.17, 15) is 0 Å². The zero-order valence-electron chi connectivity index (χ0n) is 14.5. The molecule has 1 aromatic heterocycles. The summed E-state index contributed by atoms with van der Waals surface area (Å²) in [5.74, 6) is 2.38. The van der Waals surface area contributed by atoms with Crippen LogP contribution in [0.5, 0.6) is 0 Å². The minimum atomic E-state index is 0.280. The SMILES string of the molecule is C=N/C(Cl)=C\C=C(/C)OCC1CCN(c2nc(C(C)C)no2)CC1. The van der Waals surface area contributed by atoms with Crippen LogP contribution >= 0.6 is 11.6 Å². The third-order valence-corrected chi connectivity index (χ3v) is 4.23. The largest absolute Gasteiger partial charge is 0.498 e. The Labute approximate surface area is 148 Å². The fraction of sp³-hybridized carbons (Fsp3) is 0.588. The quantitative estimate of drug-likeness (QED) is 0.320. The molecule has 0 spiro atoms. The Kier molecular flexibility index (Phi) is 6.85. The number of anilines is 1. The second-order valence-electron chi connectivity index (χ2n) is 6.26. The number of hydrogen-bond acceptors (Lipinski definition) is 6. The highest BCUT2D eigenvalue weighted by Gasteiger charge is 2.23. The number of hydrogen-bond donors (Lipinski definition) is 0. The maximum Gasteiger partial charge on any atom is 0.324 e. The van der Waals surface area contributed by atoms with Gasteiger partial charge in [0.05, 0.1) is 12.4 Å². The molecule has 1 aromatic rings. The standard InChI is InChI=1S/C17H25ClN4O2/c1-12(2)16-20-17(24-21-16)22-9-7-14(8-10-22)11-23-13(3)5-6-15(18)19-4/h5-6,12,14H,4,7-11H2,1-3H3/b13-5+,15-6-. The summed E-state index contributed by atoms with van der Waals surface area (Å²) in [7, 11) is 0. The van der Waals surface area contributed by atoms with Crippen molar-refractivity contribution in [2.75, 3.05) is 24.6 Å². The van der Waals surface area contributed by atoms with Gasteiger partial charge in [0.2, 0.25) is 0 Å². The van der Waals surface area contributed by atoms with Crippen LogP contribution in [0.1, 0.15) is 45.4 Å². The van der Waals surface area contributed by atoms with Crippen molar-refractivity contribution in [2.45, 2.75) is 39.5 Å². The van der Waals surface area contributed by atoms with Gasteiger partial charge in [-0.3, -0.25) is 4.99 Å². The second-order valence-corrected chi connectivity index (χ2v) is 6.64. The molecule has 0 unspecified atom stereocenters. The van der Waals surface area contributed by atoms with E-state index in [2.05, 4.69) is 40.6 Å². The first-order valence-corrected chi connectivity index (χ1v) is 8.59. The normalized spacial score (nSPS) is 17.5. The molecule has 0 amide bonds. The fourth-order valence-electron chi connectivity index (χ4n) is 2.42. The van der Waals surface area contributed by atoms with Gasteiger partial charge in [0.1, 0.15) is 5.16 Å². The van der Waals surface area contributed by atoms with Crippen LogP contribution in [0.3, 0.4) is 0 Å². The van der Waals surface area contributed by atoms with E-state index in [1.165, 1.54) is 0 Å². The van der Waals surface area contributed by atoms with Crippen molar-refractivity contribution in [1.29, 1.82) is 0 Å². The molecular formula is C17H25ClN4O2. The lowest BCUT2D eigenvalue weighted by Crippen LogP contribution is -2.35. The molecule has 132 valence electrons. The van der Waals surface area contributed by atoms with Gasteiger partial charge in [0.25, 0.3) is 0 Å². The van der Waals surface area contributed by atoms with Crippen molar-refractivity contribution in [3.8, 4) is 0 Å². The Morgan fingerprint density at radius 3 is 2.75 bits per heavy atom. The first-order chi connectivity index (χ1) is 11.5. The van der Waals surface area contributed by atoms with Crippen LogP contribution in [-0.4, -0.2) is 36.6 Å². The van der Waals surface area contributed by atoms with Crippen LogP contribution in [0.2, 0.25) is 0 Å². The zero-order valence-corrected chi connectivity index (χ0v) is 15.3. The maximum atomic E-state index is 5.78. The Morgan fingerprint density at radius 1 is 1.46 bits per heavy atom. The first kappa shape index (κ1) is 18.5. The lowest BCUT2D eigenvalue weighted by atomic mass is 9.98. The Morgan fingerprint density at radius 2 is 2.17 bits per heavy atom. The average Bonchev–Trinajstić information content (AvgIpc) is 3.08. The van der Waals surface area contributed by atoms with Gasteiger partial charge in [0.15, 0.2) is 5.82 Å². The van der Waals surface area contributed by atoms with E-state index < -0.39 is 0 Å². The Balaban J connectivity index is 1.77. The third-order valence-electron chi connectivity index (χ3n) is 3.99. The smallest absolute Gasteiger partial charge is 0.324 e. The van der Waals surface area contributed by atoms with Crippen LogP contribution in [0.25, 0.3) is 0 Å². The van der Waals surface area contributed by atoms with Crippen LogP contribution in [0, 0.1) is 5.92 Å². The number of rotatable bonds is 7. The number of halogens is 1. The molecule has 1 fully saturated rings. The lowest BCUT2D eigenvalue weighted by molar-refractivity contribution is 0.150. The Hall–Kier alpha value is -1.82. The van der Waals surface area contributed by atoms with Gasteiger partial charge in [-0.2, -0.15) is 4.98 Å². The van der Waals surface area contributed by atoms with Crippen LogP contribution < -0.4 is 4.90 Å². The van der Waals surface area contributed by atoms with E-state index in [1.54, 1.807) is 12.2 Å². The van der Waals surface area contributed by atoms with Crippen LogP contribution in [0.15, 0.2) is 32.6 Å². The molecule has 24 heavy (non-hydrogen) atoms. The third kappa shape index (κ3) is 5.37. The highest BCUT2D eigenvalue weighted by atomic mass is 35.5.